The maximum Gasteiger partial charge on any atom is 0.133 e. The molecule has 0 radical (unpaired) electrons. The third kappa shape index (κ3) is 4.81. The maximum atomic E-state index is 5.80. The molecule has 2 rings (SSSR count). The van der Waals surface area contributed by atoms with Gasteiger partial charge >= 0.3 is 0 Å². The first-order valence-electron chi connectivity index (χ1n) is 7.27. The topological polar surface area (TPSA) is 21.3 Å². The van der Waals surface area contributed by atoms with Crippen molar-refractivity contribution in [3.8, 4) is 5.75 Å². The summed E-state index contributed by atoms with van der Waals surface area (Å²) in [6, 6.07) is 6.89. The highest BCUT2D eigenvalue weighted by atomic mass is 79.9. The molecule has 1 aromatic rings. The van der Waals surface area contributed by atoms with E-state index in [9.17, 15) is 0 Å². The van der Waals surface area contributed by atoms with Crippen LogP contribution >= 0.6 is 15.9 Å². The smallest absolute Gasteiger partial charge is 0.133 e. The Morgan fingerprint density at radius 1 is 1.37 bits per heavy atom. The third-order valence-corrected chi connectivity index (χ3v) is 4.44. The lowest BCUT2D eigenvalue weighted by molar-refractivity contribution is 0.265. The van der Waals surface area contributed by atoms with Crippen LogP contribution in [0.1, 0.15) is 38.2 Å². The van der Waals surface area contributed by atoms with Gasteiger partial charge in [0, 0.05) is 12.6 Å². The number of rotatable bonds is 5. The van der Waals surface area contributed by atoms with Gasteiger partial charge in [0.15, 0.2) is 0 Å². The van der Waals surface area contributed by atoms with Gasteiger partial charge in [-0.15, -0.1) is 0 Å². The van der Waals surface area contributed by atoms with Crippen molar-refractivity contribution in [1.29, 1.82) is 0 Å². The molecule has 19 heavy (non-hydrogen) atoms. The Kier molecular flexibility index (Phi) is 5.71. The predicted molar refractivity (Wildman–Crippen MR) is 83.8 cm³/mol. The minimum absolute atomic E-state index is 0.689. The highest BCUT2D eigenvalue weighted by molar-refractivity contribution is 9.10. The number of hydrogen-bond acceptors (Lipinski definition) is 2. The maximum absolute atomic E-state index is 5.80. The third-order valence-electron chi connectivity index (χ3n) is 3.82. The van der Waals surface area contributed by atoms with E-state index in [0.717, 1.165) is 29.3 Å². The van der Waals surface area contributed by atoms with Crippen LogP contribution in [0.4, 0.5) is 0 Å². The fourth-order valence-corrected chi connectivity index (χ4v) is 3.37. The van der Waals surface area contributed by atoms with E-state index in [2.05, 4.69) is 47.2 Å². The van der Waals surface area contributed by atoms with Crippen LogP contribution in [-0.4, -0.2) is 19.2 Å². The van der Waals surface area contributed by atoms with Crippen LogP contribution < -0.4 is 10.1 Å². The van der Waals surface area contributed by atoms with Crippen molar-refractivity contribution in [2.75, 3.05) is 13.2 Å². The molecule has 0 aromatic heterocycles. The van der Waals surface area contributed by atoms with Gasteiger partial charge in [0.05, 0.1) is 4.47 Å². The van der Waals surface area contributed by atoms with Crippen molar-refractivity contribution in [3.63, 3.8) is 0 Å². The molecule has 2 atom stereocenters. The fraction of sp³-hybridized carbons (Fsp3) is 0.625. The summed E-state index contributed by atoms with van der Waals surface area (Å²) in [4.78, 5) is 0. The Bertz CT molecular complexity index is 408. The molecule has 2 unspecified atom stereocenters. The van der Waals surface area contributed by atoms with Gasteiger partial charge in [0.2, 0.25) is 0 Å². The first-order valence-corrected chi connectivity index (χ1v) is 8.07. The summed E-state index contributed by atoms with van der Waals surface area (Å²) in [5, 5.41) is 3.61. The average molecular weight is 326 g/mol. The van der Waals surface area contributed by atoms with E-state index in [1.54, 1.807) is 0 Å². The Labute approximate surface area is 125 Å². The molecule has 106 valence electrons. The molecule has 0 bridgehead atoms. The van der Waals surface area contributed by atoms with Crippen LogP contribution in [0.5, 0.6) is 5.75 Å². The molecule has 1 aromatic carbocycles. The predicted octanol–water partition coefficient (Wildman–Crippen LogP) is 4.30. The minimum Gasteiger partial charge on any atom is -0.491 e. The van der Waals surface area contributed by atoms with Crippen molar-refractivity contribution in [2.45, 2.75) is 45.6 Å². The normalized spacial score (nSPS) is 23.3. The van der Waals surface area contributed by atoms with Gasteiger partial charge in [-0.3, -0.25) is 0 Å². The van der Waals surface area contributed by atoms with Crippen molar-refractivity contribution >= 4 is 15.9 Å². The van der Waals surface area contributed by atoms with E-state index in [1.165, 1.54) is 31.2 Å². The quantitative estimate of drug-likeness (QED) is 0.815. The molecule has 2 nitrogen and oxygen atoms in total. The Morgan fingerprint density at radius 2 is 2.21 bits per heavy atom. The van der Waals surface area contributed by atoms with E-state index in [1.807, 2.05) is 6.07 Å². The lowest BCUT2D eigenvalue weighted by atomic mass is 9.87. The summed E-state index contributed by atoms with van der Waals surface area (Å²) in [5.74, 6) is 1.81. The number of ether oxygens (including phenoxy) is 1. The molecule has 0 amide bonds. The van der Waals surface area contributed by atoms with Crippen molar-refractivity contribution in [3.05, 3.63) is 28.2 Å². The van der Waals surface area contributed by atoms with Gasteiger partial charge in [0.25, 0.3) is 0 Å². The van der Waals surface area contributed by atoms with E-state index in [-0.39, 0.29) is 0 Å². The van der Waals surface area contributed by atoms with Crippen LogP contribution in [0, 0.1) is 12.8 Å². The molecule has 0 spiro atoms. The number of nitrogens with one attached hydrogen (secondary N) is 1. The van der Waals surface area contributed by atoms with Crippen LogP contribution in [0.2, 0.25) is 0 Å². The SMILES string of the molecule is Cc1ccc(OCCNC2CCCC(C)C2)c(Br)c1. The molecule has 3 heteroatoms. The van der Waals surface area contributed by atoms with E-state index >= 15 is 0 Å². The molecule has 1 N–H and O–H groups in total. The van der Waals surface area contributed by atoms with Gasteiger partial charge in [-0.2, -0.15) is 0 Å². The van der Waals surface area contributed by atoms with Gasteiger partial charge < -0.3 is 10.1 Å². The standard InChI is InChI=1S/C16H24BrNO/c1-12-4-3-5-14(10-12)18-8-9-19-16-7-6-13(2)11-15(16)17/h6-7,11-12,14,18H,3-5,8-10H2,1-2H3. The van der Waals surface area contributed by atoms with Crippen LogP contribution in [-0.2, 0) is 0 Å². The number of hydrogen-bond donors (Lipinski definition) is 1. The highest BCUT2D eigenvalue weighted by Crippen LogP contribution is 2.26. The van der Waals surface area contributed by atoms with Crippen LogP contribution in [0.3, 0.4) is 0 Å². The van der Waals surface area contributed by atoms with Gasteiger partial charge in [-0.05, 0) is 59.3 Å². The second-order valence-electron chi connectivity index (χ2n) is 5.71. The zero-order chi connectivity index (χ0) is 13.7. The van der Waals surface area contributed by atoms with E-state index in [0.29, 0.717) is 6.04 Å². The van der Waals surface area contributed by atoms with Gasteiger partial charge in [0.1, 0.15) is 12.4 Å². The first-order chi connectivity index (χ1) is 9.15. The largest absolute Gasteiger partial charge is 0.491 e. The molecule has 1 aliphatic rings. The molecule has 0 aliphatic heterocycles. The second-order valence-corrected chi connectivity index (χ2v) is 6.56. The molecule has 0 heterocycles. The lowest BCUT2D eigenvalue weighted by Crippen LogP contribution is -2.36. The average Bonchev–Trinajstić information content (AvgIpc) is 2.37. The van der Waals surface area contributed by atoms with Crippen LogP contribution in [0.15, 0.2) is 22.7 Å². The van der Waals surface area contributed by atoms with Crippen LogP contribution in [0.25, 0.3) is 0 Å². The number of benzene rings is 1. The Hall–Kier alpha value is -0.540. The molecule has 0 saturated heterocycles. The number of halogens is 1. The first kappa shape index (κ1) is 14.9. The summed E-state index contributed by atoms with van der Waals surface area (Å²) in [6.07, 6.45) is 5.39. The van der Waals surface area contributed by atoms with Crippen molar-refractivity contribution in [1.82, 2.24) is 5.32 Å². The van der Waals surface area contributed by atoms with E-state index in [4.69, 9.17) is 4.74 Å². The highest BCUT2D eigenvalue weighted by Gasteiger charge is 2.17. The monoisotopic (exact) mass is 325 g/mol. The van der Waals surface area contributed by atoms with Gasteiger partial charge in [-0.1, -0.05) is 25.8 Å². The lowest BCUT2D eigenvalue weighted by Gasteiger charge is -2.27. The molecular weight excluding hydrogens is 302 g/mol. The van der Waals surface area contributed by atoms with Crippen molar-refractivity contribution < 1.29 is 4.74 Å². The molecular formula is C16H24BrNO. The fourth-order valence-electron chi connectivity index (χ4n) is 2.77. The second kappa shape index (κ2) is 7.30. The Morgan fingerprint density at radius 3 is 2.95 bits per heavy atom. The zero-order valence-electron chi connectivity index (χ0n) is 11.9. The van der Waals surface area contributed by atoms with Crippen molar-refractivity contribution in [2.24, 2.45) is 5.92 Å². The minimum atomic E-state index is 0.689. The summed E-state index contributed by atoms with van der Waals surface area (Å²) in [5.41, 5.74) is 1.24. The summed E-state index contributed by atoms with van der Waals surface area (Å²) in [7, 11) is 0. The zero-order valence-corrected chi connectivity index (χ0v) is 13.5. The molecule has 1 fully saturated rings. The van der Waals surface area contributed by atoms with Gasteiger partial charge in [-0.25, -0.2) is 0 Å². The Balaban J connectivity index is 1.69. The summed E-state index contributed by atoms with van der Waals surface area (Å²) >= 11 is 3.54. The number of aryl methyl sites for hydroxylation is 1. The summed E-state index contributed by atoms with van der Waals surface area (Å²) < 4.78 is 6.84. The molecule has 1 saturated carbocycles. The van der Waals surface area contributed by atoms with E-state index < -0.39 is 0 Å². The summed E-state index contributed by atoms with van der Waals surface area (Å²) in [6.45, 7) is 6.10. The molecule has 1 aliphatic carbocycles.